The van der Waals surface area contributed by atoms with Crippen LogP contribution in [-0.2, 0) is 0 Å². The van der Waals surface area contributed by atoms with Crippen LogP contribution in [0.5, 0.6) is 0 Å². The van der Waals surface area contributed by atoms with Gasteiger partial charge in [0.25, 0.3) is 0 Å². The SMILES string of the molecule is O[C@@H]1CCCN(c2nc(-c3ccccc3)ns2)C1. The van der Waals surface area contributed by atoms with Crippen molar-refractivity contribution < 1.29 is 5.11 Å². The third kappa shape index (κ3) is 2.37. The van der Waals surface area contributed by atoms with Crippen molar-refractivity contribution in [2.75, 3.05) is 18.0 Å². The van der Waals surface area contributed by atoms with Crippen molar-refractivity contribution in [3.05, 3.63) is 30.3 Å². The average molecular weight is 261 g/mol. The molecule has 0 bridgehead atoms. The standard InChI is InChI=1S/C13H15N3OS/c17-11-7-4-8-16(9-11)13-14-12(15-18-13)10-5-2-1-3-6-10/h1-3,5-6,11,17H,4,7-9H2/t11-/m1/s1. The zero-order chi connectivity index (χ0) is 12.4. The monoisotopic (exact) mass is 261 g/mol. The number of hydrogen-bond acceptors (Lipinski definition) is 5. The molecular formula is C13H15N3OS. The second-order valence-corrected chi connectivity index (χ2v) is 5.24. The summed E-state index contributed by atoms with van der Waals surface area (Å²) in [5.74, 6) is 0.774. The van der Waals surface area contributed by atoms with Gasteiger partial charge < -0.3 is 10.0 Å². The lowest BCUT2D eigenvalue weighted by Gasteiger charge is -2.29. The number of aliphatic hydroxyl groups excluding tert-OH is 1. The largest absolute Gasteiger partial charge is 0.391 e. The van der Waals surface area contributed by atoms with Gasteiger partial charge in [-0.1, -0.05) is 30.3 Å². The quantitative estimate of drug-likeness (QED) is 0.900. The molecule has 4 nitrogen and oxygen atoms in total. The highest BCUT2D eigenvalue weighted by Crippen LogP contribution is 2.26. The predicted octanol–water partition coefficient (Wildman–Crippen LogP) is 2.17. The first-order valence-electron chi connectivity index (χ1n) is 6.15. The van der Waals surface area contributed by atoms with Gasteiger partial charge in [0.1, 0.15) is 0 Å². The summed E-state index contributed by atoms with van der Waals surface area (Å²) in [6, 6.07) is 9.98. The van der Waals surface area contributed by atoms with Gasteiger partial charge >= 0.3 is 0 Å². The average Bonchev–Trinajstić information content (AvgIpc) is 2.89. The first-order valence-corrected chi connectivity index (χ1v) is 6.92. The van der Waals surface area contributed by atoms with E-state index >= 15 is 0 Å². The molecule has 1 aromatic carbocycles. The number of anilines is 1. The molecule has 1 saturated heterocycles. The van der Waals surface area contributed by atoms with Gasteiger partial charge in [-0.3, -0.25) is 0 Å². The van der Waals surface area contributed by atoms with Crippen LogP contribution in [0.2, 0.25) is 0 Å². The molecule has 3 rings (SSSR count). The van der Waals surface area contributed by atoms with Gasteiger partial charge in [-0.05, 0) is 12.8 Å². The molecule has 18 heavy (non-hydrogen) atoms. The highest BCUT2D eigenvalue weighted by molar-refractivity contribution is 7.09. The second-order valence-electron chi connectivity index (χ2n) is 4.51. The van der Waals surface area contributed by atoms with Crippen LogP contribution in [0.1, 0.15) is 12.8 Å². The van der Waals surface area contributed by atoms with E-state index < -0.39 is 0 Å². The van der Waals surface area contributed by atoms with Crippen molar-refractivity contribution in [1.29, 1.82) is 0 Å². The minimum absolute atomic E-state index is 0.233. The number of benzene rings is 1. The van der Waals surface area contributed by atoms with Gasteiger partial charge in [0.05, 0.1) is 6.10 Å². The third-order valence-electron chi connectivity index (χ3n) is 3.11. The number of hydrogen-bond donors (Lipinski definition) is 1. The summed E-state index contributed by atoms with van der Waals surface area (Å²) in [4.78, 5) is 6.68. The molecule has 1 aliphatic heterocycles. The van der Waals surface area contributed by atoms with Crippen LogP contribution in [0, 0.1) is 0 Å². The summed E-state index contributed by atoms with van der Waals surface area (Å²) in [5, 5.41) is 10.6. The Balaban J connectivity index is 1.81. The Morgan fingerprint density at radius 3 is 2.89 bits per heavy atom. The molecule has 0 unspecified atom stereocenters. The molecule has 0 aliphatic carbocycles. The maximum absolute atomic E-state index is 9.68. The van der Waals surface area contributed by atoms with Gasteiger partial charge in [-0.25, -0.2) is 0 Å². The van der Waals surface area contributed by atoms with Crippen LogP contribution in [0.4, 0.5) is 5.13 Å². The van der Waals surface area contributed by atoms with Crippen LogP contribution in [-0.4, -0.2) is 33.7 Å². The summed E-state index contributed by atoms with van der Waals surface area (Å²) in [6.45, 7) is 1.63. The van der Waals surface area contributed by atoms with Gasteiger partial charge in [-0.15, -0.1) is 0 Å². The van der Waals surface area contributed by atoms with Crippen molar-refractivity contribution in [2.24, 2.45) is 0 Å². The smallest absolute Gasteiger partial charge is 0.205 e. The minimum Gasteiger partial charge on any atom is -0.391 e. The molecule has 2 aromatic rings. The number of nitrogens with zero attached hydrogens (tertiary/aromatic N) is 3. The first kappa shape index (κ1) is 11.6. The number of aromatic nitrogens is 2. The van der Waals surface area contributed by atoms with Crippen LogP contribution in [0.25, 0.3) is 11.4 Å². The molecule has 0 saturated carbocycles. The van der Waals surface area contributed by atoms with Gasteiger partial charge in [0.2, 0.25) is 5.13 Å². The fraction of sp³-hybridized carbons (Fsp3) is 0.385. The van der Waals surface area contributed by atoms with Crippen LogP contribution in [0.3, 0.4) is 0 Å². The third-order valence-corrected chi connectivity index (χ3v) is 3.89. The molecule has 1 fully saturated rings. The fourth-order valence-corrected chi connectivity index (χ4v) is 2.90. The summed E-state index contributed by atoms with van der Waals surface area (Å²) in [5.41, 5.74) is 1.04. The highest BCUT2D eigenvalue weighted by atomic mass is 32.1. The maximum atomic E-state index is 9.68. The van der Waals surface area contributed by atoms with Gasteiger partial charge in [0.15, 0.2) is 5.82 Å². The van der Waals surface area contributed by atoms with E-state index in [0.29, 0.717) is 6.54 Å². The maximum Gasteiger partial charge on any atom is 0.205 e. The molecule has 0 spiro atoms. The van der Waals surface area contributed by atoms with E-state index in [0.717, 1.165) is 35.9 Å². The van der Waals surface area contributed by atoms with Crippen molar-refractivity contribution in [1.82, 2.24) is 9.36 Å². The zero-order valence-corrected chi connectivity index (χ0v) is 10.8. The Morgan fingerprint density at radius 1 is 1.28 bits per heavy atom. The Labute approximate surface area is 110 Å². The van der Waals surface area contributed by atoms with E-state index in [9.17, 15) is 5.11 Å². The van der Waals surface area contributed by atoms with Crippen molar-refractivity contribution in [2.45, 2.75) is 18.9 Å². The predicted molar refractivity (Wildman–Crippen MR) is 72.8 cm³/mol. The molecule has 5 heteroatoms. The number of aliphatic hydroxyl groups is 1. The molecule has 1 N–H and O–H groups in total. The van der Waals surface area contributed by atoms with E-state index in [4.69, 9.17) is 0 Å². The Morgan fingerprint density at radius 2 is 2.11 bits per heavy atom. The molecular weight excluding hydrogens is 246 g/mol. The Kier molecular flexibility index (Phi) is 3.25. The fourth-order valence-electron chi connectivity index (χ4n) is 2.18. The minimum atomic E-state index is -0.233. The van der Waals surface area contributed by atoms with E-state index in [1.165, 1.54) is 11.5 Å². The lowest BCUT2D eigenvalue weighted by molar-refractivity contribution is 0.154. The van der Waals surface area contributed by atoms with E-state index in [2.05, 4.69) is 14.3 Å². The highest BCUT2D eigenvalue weighted by Gasteiger charge is 2.20. The summed E-state index contributed by atoms with van der Waals surface area (Å²) in [7, 11) is 0. The van der Waals surface area contributed by atoms with Crippen molar-refractivity contribution in [3.63, 3.8) is 0 Å². The van der Waals surface area contributed by atoms with Crippen LogP contribution >= 0.6 is 11.5 Å². The molecule has 1 aliphatic rings. The normalized spacial score (nSPS) is 20.1. The molecule has 0 amide bonds. The molecule has 0 radical (unpaired) electrons. The molecule has 1 atom stereocenters. The number of rotatable bonds is 2. The van der Waals surface area contributed by atoms with Crippen molar-refractivity contribution in [3.8, 4) is 11.4 Å². The lowest BCUT2D eigenvalue weighted by Crippen LogP contribution is -2.38. The van der Waals surface area contributed by atoms with E-state index in [-0.39, 0.29) is 6.10 Å². The van der Waals surface area contributed by atoms with Crippen LogP contribution < -0.4 is 4.90 Å². The number of β-amino-alcohol motifs (C(OH)–C–C–N with tert-alkyl or cyclic N) is 1. The second kappa shape index (κ2) is 5.04. The molecule has 1 aromatic heterocycles. The van der Waals surface area contributed by atoms with Crippen molar-refractivity contribution >= 4 is 16.7 Å². The number of piperidine rings is 1. The lowest BCUT2D eigenvalue weighted by atomic mass is 10.1. The molecule has 2 heterocycles. The van der Waals surface area contributed by atoms with E-state index in [1.807, 2.05) is 30.3 Å². The summed E-state index contributed by atoms with van der Waals surface area (Å²) >= 11 is 1.41. The van der Waals surface area contributed by atoms with Crippen LogP contribution in [0.15, 0.2) is 30.3 Å². The summed E-state index contributed by atoms with van der Waals surface area (Å²) in [6.07, 6.45) is 1.67. The van der Waals surface area contributed by atoms with Gasteiger partial charge in [-0.2, -0.15) is 9.36 Å². The zero-order valence-electron chi connectivity index (χ0n) is 9.99. The van der Waals surface area contributed by atoms with E-state index in [1.54, 1.807) is 0 Å². The summed E-state index contributed by atoms with van der Waals surface area (Å²) < 4.78 is 4.39. The first-order chi connectivity index (χ1) is 8.83. The topological polar surface area (TPSA) is 49.2 Å². The Hall–Kier alpha value is -1.46. The molecule has 94 valence electrons. The Bertz CT molecular complexity index is 514. The van der Waals surface area contributed by atoms with Gasteiger partial charge in [0, 0.05) is 30.2 Å².